The monoisotopic (exact) mass is 460 g/mol. The van der Waals surface area contributed by atoms with Gasteiger partial charge in [-0.3, -0.25) is 4.79 Å². The molecule has 1 amide bonds. The van der Waals surface area contributed by atoms with Gasteiger partial charge in [0, 0.05) is 17.9 Å². The van der Waals surface area contributed by atoms with E-state index in [2.05, 4.69) is 50.5 Å². The summed E-state index contributed by atoms with van der Waals surface area (Å²) in [6.07, 6.45) is 2.32. The van der Waals surface area contributed by atoms with Gasteiger partial charge in [-0.15, -0.1) is 0 Å². The highest BCUT2D eigenvalue weighted by Gasteiger charge is 2.37. The van der Waals surface area contributed by atoms with Crippen LogP contribution in [0.5, 0.6) is 11.5 Å². The number of rotatable bonds is 6. The number of hydrogen-bond donors (Lipinski definition) is 1. The number of hydrogen-bond acceptors (Lipinski definition) is 3. The normalized spacial score (nSPS) is 16.1. The summed E-state index contributed by atoms with van der Waals surface area (Å²) in [5, 5.41) is 0. The highest BCUT2D eigenvalue weighted by molar-refractivity contribution is 5.95. The Labute approximate surface area is 202 Å². The van der Waals surface area contributed by atoms with Gasteiger partial charge in [0.1, 0.15) is 0 Å². The predicted molar refractivity (Wildman–Crippen MR) is 137 cm³/mol. The molecule has 1 heterocycles. The first-order valence-corrected chi connectivity index (χ1v) is 11.8. The van der Waals surface area contributed by atoms with Crippen LogP contribution in [0.2, 0.25) is 0 Å². The van der Waals surface area contributed by atoms with Crippen LogP contribution in [0.4, 0.5) is 0 Å². The zero-order valence-electron chi connectivity index (χ0n) is 21.4. The van der Waals surface area contributed by atoms with Crippen LogP contribution in [0, 0.1) is 6.92 Å². The SMILES string of the molecule is COc1ccc(Cn2c(-c3ccc4c(c3)C(C)(C)CCC4(C)C)cc(C(N)=O)c2C)cc1OC. The molecule has 2 N–H and O–H groups in total. The summed E-state index contributed by atoms with van der Waals surface area (Å²) in [6.45, 7) is 11.9. The minimum absolute atomic E-state index is 0.100. The molecule has 0 saturated carbocycles. The van der Waals surface area contributed by atoms with E-state index >= 15 is 0 Å². The lowest BCUT2D eigenvalue weighted by Gasteiger charge is -2.42. The quantitative estimate of drug-likeness (QED) is 0.492. The van der Waals surface area contributed by atoms with Gasteiger partial charge in [0.15, 0.2) is 11.5 Å². The van der Waals surface area contributed by atoms with Crippen LogP contribution >= 0.6 is 0 Å². The van der Waals surface area contributed by atoms with Crippen molar-refractivity contribution in [1.82, 2.24) is 4.57 Å². The van der Waals surface area contributed by atoms with Crippen molar-refractivity contribution in [3.63, 3.8) is 0 Å². The average molecular weight is 461 g/mol. The third kappa shape index (κ3) is 4.08. The van der Waals surface area contributed by atoms with Crippen molar-refractivity contribution in [2.24, 2.45) is 5.73 Å². The maximum absolute atomic E-state index is 12.2. The number of carbonyl (C=O) groups excluding carboxylic acids is 1. The number of primary amides is 1. The lowest BCUT2D eigenvalue weighted by atomic mass is 9.63. The highest BCUT2D eigenvalue weighted by Crippen LogP contribution is 2.47. The lowest BCUT2D eigenvalue weighted by molar-refractivity contribution is 0.0999. The summed E-state index contributed by atoms with van der Waals surface area (Å²) in [5.41, 5.74) is 13.3. The van der Waals surface area contributed by atoms with E-state index in [9.17, 15) is 4.79 Å². The van der Waals surface area contributed by atoms with Crippen molar-refractivity contribution in [1.29, 1.82) is 0 Å². The van der Waals surface area contributed by atoms with E-state index in [4.69, 9.17) is 15.2 Å². The largest absolute Gasteiger partial charge is 0.493 e. The maximum atomic E-state index is 12.2. The summed E-state index contributed by atoms with van der Waals surface area (Å²) < 4.78 is 13.1. The molecule has 34 heavy (non-hydrogen) atoms. The van der Waals surface area contributed by atoms with Gasteiger partial charge < -0.3 is 19.8 Å². The first-order valence-electron chi connectivity index (χ1n) is 11.8. The first kappa shape index (κ1) is 23.9. The number of fused-ring (bicyclic) bond motifs is 1. The topological polar surface area (TPSA) is 66.5 Å². The molecule has 3 aromatic rings. The molecular weight excluding hydrogens is 424 g/mol. The average Bonchev–Trinajstić information content (AvgIpc) is 3.13. The van der Waals surface area contributed by atoms with Gasteiger partial charge in [-0.1, -0.05) is 45.9 Å². The van der Waals surface area contributed by atoms with E-state index in [0.717, 1.165) is 28.9 Å². The summed E-state index contributed by atoms with van der Waals surface area (Å²) in [4.78, 5) is 12.2. The third-order valence-corrected chi connectivity index (χ3v) is 7.57. The Bertz CT molecular complexity index is 1250. The van der Waals surface area contributed by atoms with Gasteiger partial charge in [0.05, 0.1) is 19.8 Å². The molecule has 0 radical (unpaired) electrons. The van der Waals surface area contributed by atoms with Gasteiger partial charge >= 0.3 is 0 Å². The molecule has 0 atom stereocenters. The van der Waals surface area contributed by atoms with E-state index in [1.54, 1.807) is 14.2 Å². The standard InChI is InChI=1S/C29H36N2O3/c1-18-21(27(30)32)16-24(31(18)17-19-8-11-25(33-6)26(14-19)34-7)20-9-10-22-23(15-20)29(4,5)13-12-28(22,2)3/h8-11,14-16H,12-13,17H2,1-7H3,(H2,30,32). The van der Waals surface area contributed by atoms with E-state index in [1.807, 2.05) is 31.2 Å². The molecular formula is C29H36N2O3. The fourth-order valence-electron chi connectivity index (χ4n) is 5.25. The van der Waals surface area contributed by atoms with E-state index in [1.165, 1.54) is 17.5 Å². The van der Waals surface area contributed by atoms with Gasteiger partial charge in [0.2, 0.25) is 0 Å². The Kier molecular flexibility index (Phi) is 6.01. The Morgan fingerprint density at radius 3 is 2.18 bits per heavy atom. The number of nitrogens with zero attached hydrogens (tertiary/aromatic N) is 1. The maximum Gasteiger partial charge on any atom is 0.250 e. The fourth-order valence-corrected chi connectivity index (χ4v) is 5.25. The second-order valence-corrected chi connectivity index (χ2v) is 10.7. The molecule has 4 rings (SSSR count). The first-order chi connectivity index (χ1) is 16.0. The molecule has 1 aliphatic rings. The summed E-state index contributed by atoms with van der Waals surface area (Å²) in [5.74, 6) is 0.955. The van der Waals surface area contributed by atoms with Crippen molar-refractivity contribution < 1.29 is 14.3 Å². The van der Waals surface area contributed by atoms with E-state index in [0.29, 0.717) is 23.6 Å². The molecule has 0 aliphatic heterocycles. The van der Waals surface area contributed by atoms with Gasteiger partial charge in [-0.2, -0.15) is 0 Å². The van der Waals surface area contributed by atoms with Crippen LogP contribution < -0.4 is 15.2 Å². The molecule has 1 aromatic heterocycles. The van der Waals surface area contributed by atoms with Gasteiger partial charge in [-0.25, -0.2) is 0 Å². The molecule has 0 bridgehead atoms. The minimum Gasteiger partial charge on any atom is -0.493 e. The van der Waals surface area contributed by atoms with Crippen molar-refractivity contribution in [2.75, 3.05) is 14.2 Å². The Morgan fingerprint density at radius 1 is 0.912 bits per heavy atom. The molecule has 180 valence electrons. The summed E-state index contributed by atoms with van der Waals surface area (Å²) in [6, 6.07) is 14.6. The second kappa shape index (κ2) is 8.53. The Morgan fingerprint density at radius 2 is 1.56 bits per heavy atom. The molecule has 2 aromatic carbocycles. The number of amides is 1. The van der Waals surface area contributed by atoms with Crippen LogP contribution in [-0.4, -0.2) is 24.7 Å². The second-order valence-electron chi connectivity index (χ2n) is 10.7. The zero-order chi connectivity index (χ0) is 24.8. The van der Waals surface area contributed by atoms with Crippen LogP contribution in [0.1, 0.15) is 73.3 Å². The predicted octanol–water partition coefficient (Wildman–Crippen LogP) is 5.98. The fraction of sp³-hybridized carbons (Fsp3) is 0.414. The molecule has 5 heteroatoms. The van der Waals surface area contributed by atoms with Crippen LogP contribution in [-0.2, 0) is 17.4 Å². The van der Waals surface area contributed by atoms with Crippen LogP contribution in [0.25, 0.3) is 11.3 Å². The molecule has 0 fully saturated rings. The number of aromatic nitrogens is 1. The molecule has 5 nitrogen and oxygen atoms in total. The Hall–Kier alpha value is -3.21. The zero-order valence-corrected chi connectivity index (χ0v) is 21.4. The third-order valence-electron chi connectivity index (χ3n) is 7.57. The van der Waals surface area contributed by atoms with Gasteiger partial charge in [-0.05, 0) is 77.1 Å². The number of carbonyl (C=O) groups is 1. The summed E-state index contributed by atoms with van der Waals surface area (Å²) in [7, 11) is 3.26. The van der Waals surface area contributed by atoms with Crippen LogP contribution in [0.3, 0.4) is 0 Å². The molecule has 0 spiro atoms. The number of benzene rings is 2. The molecule has 0 unspecified atom stereocenters. The number of ether oxygens (including phenoxy) is 2. The van der Waals surface area contributed by atoms with Crippen molar-refractivity contribution in [3.8, 4) is 22.8 Å². The van der Waals surface area contributed by atoms with E-state index < -0.39 is 5.91 Å². The number of nitrogens with two attached hydrogens (primary N) is 1. The smallest absolute Gasteiger partial charge is 0.250 e. The van der Waals surface area contributed by atoms with Gasteiger partial charge in [0.25, 0.3) is 5.91 Å². The molecule has 1 aliphatic carbocycles. The van der Waals surface area contributed by atoms with Crippen LogP contribution in [0.15, 0.2) is 42.5 Å². The lowest BCUT2D eigenvalue weighted by Crippen LogP contribution is -2.33. The van der Waals surface area contributed by atoms with E-state index in [-0.39, 0.29) is 10.8 Å². The summed E-state index contributed by atoms with van der Waals surface area (Å²) >= 11 is 0. The molecule has 0 saturated heterocycles. The number of methoxy groups -OCH3 is 2. The Balaban J connectivity index is 1.85. The minimum atomic E-state index is -0.413. The van der Waals surface area contributed by atoms with Crippen molar-refractivity contribution >= 4 is 5.91 Å². The van der Waals surface area contributed by atoms with Crippen molar-refractivity contribution in [2.45, 2.75) is 64.8 Å². The van der Waals surface area contributed by atoms with Crippen molar-refractivity contribution in [3.05, 3.63) is 70.4 Å². The highest BCUT2D eigenvalue weighted by atomic mass is 16.5.